The van der Waals surface area contributed by atoms with E-state index >= 15 is 0 Å². The highest BCUT2D eigenvalue weighted by Crippen LogP contribution is 2.30. The largest absolute Gasteiger partial charge is 0.493 e. The molecule has 0 aliphatic carbocycles. The van der Waals surface area contributed by atoms with Crippen LogP contribution in [0.15, 0.2) is 66.5 Å². The van der Waals surface area contributed by atoms with Crippen molar-refractivity contribution >= 4 is 23.0 Å². The lowest BCUT2D eigenvalue weighted by molar-refractivity contribution is 0.1000. The van der Waals surface area contributed by atoms with Gasteiger partial charge in [0.25, 0.3) is 0 Å². The van der Waals surface area contributed by atoms with E-state index < -0.39 is 12.1 Å². The number of aliphatic hydroxyl groups is 1. The van der Waals surface area contributed by atoms with Crippen molar-refractivity contribution in [1.29, 1.82) is 5.26 Å². The molecule has 2 atom stereocenters. The maximum Gasteiger partial charge on any atom is 0.248 e. The number of aromatic nitrogens is 2. The number of primary amides is 1. The number of carbonyl (C=O) groups excluding carboxylic acids is 1. The van der Waals surface area contributed by atoms with Crippen molar-refractivity contribution in [3.63, 3.8) is 0 Å². The lowest BCUT2D eigenvalue weighted by atomic mass is 10.0. The van der Waals surface area contributed by atoms with E-state index in [-0.39, 0.29) is 11.6 Å². The van der Waals surface area contributed by atoms with Gasteiger partial charge in [0.1, 0.15) is 11.9 Å². The van der Waals surface area contributed by atoms with E-state index in [4.69, 9.17) is 15.2 Å². The number of pyridine rings is 1. The number of rotatable bonds is 9. The molecule has 0 fully saturated rings. The van der Waals surface area contributed by atoms with Gasteiger partial charge >= 0.3 is 0 Å². The molecule has 2 aromatic heterocycles. The number of methoxy groups -OCH3 is 2. The van der Waals surface area contributed by atoms with E-state index in [1.165, 1.54) is 0 Å². The number of fused-ring (bicyclic) bond motifs is 1. The van der Waals surface area contributed by atoms with Crippen LogP contribution in [0.5, 0.6) is 11.5 Å². The third-order valence-corrected chi connectivity index (χ3v) is 6.12. The Labute approximate surface area is 214 Å². The van der Waals surface area contributed by atoms with Crippen LogP contribution in [0.25, 0.3) is 28.2 Å². The summed E-state index contributed by atoms with van der Waals surface area (Å²) in [6.07, 6.45) is 3.87. The summed E-state index contributed by atoms with van der Waals surface area (Å²) in [5.74, 6) is 0.688. The van der Waals surface area contributed by atoms with E-state index in [1.54, 1.807) is 63.0 Å². The predicted molar refractivity (Wildman–Crippen MR) is 141 cm³/mol. The number of hydrogen-bond acceptors (Lipinski definition) is 7. The molecular formula is C28H27N5O4. The molecule has 1 unspecified atom stereocenters. The number of benzene rings is 2. The van der Waals surface area contributed by atoms with Crippen molar-refractivity contribution < 1.29 is 19.4 Å². The first-order chi connectivity index (χ1) is 17.8. The first-order valence-electron chi connectivity index (χ1n) is 11.5. The van der Waals surface area contributed by atoms with Gasteiger partial charge in [-0.1, -0.05) is 18.2 Å². The molecule has 9 nitrogen and oxygen atoms in total. The van der Waals surface area contributed by atoms with Gasteiger partial charge in [0.05, 0.1) is 25.9 Å². The number of nitrogens with two attached hydrogens (primary N) is 1. The topological polar surface area (TPSA) is 146 Å². The molecule has 188 valence electrons. The van der Waals surface area contributed by atoms with Crippen molar-refractivity contribution in [2.75, 3.05) is 14.2 Å². The fourth-order valence-electron chi connectivity index (χ4n) is 4.01. The Kier molecular flexibility index (Phi) is 7.53. The van der Waals surface area contributed by atoms with E-state index in [0.717, 1.165) is 22.1 Å². The van der Waals surface area contributed by atoms with Gasteiger partial charge in [-0.2, -0.15) is 5.26 Å². The Bertz CT molecular complexity index is 1500. The molecule has 1 amide bonds. The van der Waals surface area contributed by atoms with E-state index in [9.17, 15) is 15.2 Å². The Balaban J connectivity index is 1.59. The second-order valence-corrected chi connectivity index (χ2v) is 8.42. The van der Waals surface area contributed by atoms with Crippen molar-refractivity contribution in [1.82, 2.24) is 15.3 Å². The highest BCUT2D eigenvalue weighted by molar-refractivity contribution is 5.94. The summed E-state index contributed by atoms with van der Waals surface area (Å²) in [7, 11) is 3.12. The molecule has 2 aromatic carbocycles. The van der Waals surface area contributed by atoms with Crippen LogP contribution >= 0.6 is 0 Å². The molecule has 5 N–H and O–H groups in total. The van der Waals surface area contributed by atoms with Gasteiger partial charge in [-0.05, 0) is 54.5 Å². The maximum atomic E-state index is 11.4. The number of aromatic amines is 1. The molecule has 0 aliphatic rings. The smallest absolute Gasteiger partial charge is 0.248 e. The van der Waals surface area contributed by atoms with Gasteiger partial charge in [-0.25, -0.2) is 4.98 Å². The minimum atomic E-state index is -1.21. The van der Waals surface area contributed by atoms with Crippen molar-refractivity contribution in [3.8, 4) is 28.7 Å². The van der Waals surface area contributed by atoms with E-state index in [0.29, 0.717) is 28.3 Å². The number of nitrogens with zero attached hydrogens (tertiary/aromatic N) is 2. The average Bonchev–Trinajstić information content (AvgIpc) is 3.32. The third-order valence-electron chi connectivity index (χ3n) is 6.12. The molecule has 0 bridgehead atoms. The zero-order valence-corrected chi connectivity index (χ0v) is 20.6. The fourth-order valence-corrected chi connectivity index (χ4v) is 4.01. The second-order valence-electron chi connectivity index (χ2n) is 8.42. The van der Waals surface area contributed by atoms with E-state index in [2.05, 4.69) is 21.4 Å². The molecule has 4 aromatic rings. The highest BCUT2D eigenvalue weighted by Gasteiger charge is 2.17. The number of carbonyl (C=O) groups is 1. The van der Waals surface area contributed by atoms with Crippen molar-refractivity contribution in [2.45, 2.75) is 19.2 Å². The lowest BCUT2D eigenvalue weighted by Crippen LogP contribution is -2.32. The minimum Gasteiger partial charge on any atom is -0.493 e. The number of ether oxygens (including phenoxy) is 2. The van der Waals surface area contributed by atoms with Gasteiger partial charge in [0, 0.05) is 40.5 Å². The van der Waals surface area contributed by atoms with Crippen LogP contribution in [-0.4, -0.2) is 41.4 Å². The van der Waals surface area contributed by atoms with Crippen LogP contribution in [0.4, 0.5) is 0 Å². The van der Waals surface area contributed by atoms with E-state index in [1.807, 2.05) is 25.1 Å². The number of nitrogens with one attached hydrogen (secondary N) is 2. The van der Waals surface area contributed by atoms with Crippen LogP contribution in [0.1, 0.15) is 34.5 Å². The van der Waals surface area contributed by atoms with Gasteiger partial charge in [0.2, 0.25) is 5.91 Å². The predicted octanol–water partition coefficient (Wildman–Crippen LogP) is 3.92. The standard InChI is InChI=1S/C28H27N5O4/c1-16(19-8-9-24(36-2)25(12-19)37-3)33-28(35)20(13-29)10-22-15-32-27-23(22)11-21(14-31-27)17-4-6-18(7-5-17)26(30)34/h4-12,14-16,28,33,35H,1-3H3,(H2,30,34)(H,31,32)/b20-10+/t16-,28?/m1/s1. The number of nitriles is 1. The quantitative estimate of drug-likeness (QED) is 0.202. The molecule has 0 spiro atoms. The Morgan fingerprint density at radius 3 is 2.51 bits per heavy atom. The van der Waals surface area contributed by atoms with Crippen LogP contribution in [-0.2, 0) is 0 Å². The fraction of sp³-hybridized carbons (Fsp3) is 0.179. The third kappa shape index (κ3) is 5.46. The number of H-pyrrole nitrogens is 1. The highest BCUT2D eigenvalue weighted by atomic mass is 16.5. The number of aliphatic hydroxyl groups excluding tert-OH is 1. The monoisotopic (exact) mass is 497 g/mol. The Morgan fingerprint density at radius 1 is 1.14 bits per heavy atom. The summed E-state index contributed by atoms with van der Waals surface area (Å²) >= 11 is 0. The first-order valence-corrected chi connectivity index (χ1v) is 11.5. The van der Waals surface area contributed by atoms with Gasteiger partial charge in [-0.15, -0.1) is 0 Å². The molecular weight excluding hydrogens is 470 g/mol. The molecule has 0 saturated heterocycles. The van der Waals surface area contributed by atoms with Crippen molar-refractivity contribution in [3.05, 3.63) is 83.2 Å². The Hall–Kier alpha value is -4.65. The SMILES string of the molecule is COc1ccc([C@@H](C)NC(O)/C(C#N)=C/c2c[nH]c3ncc(-c4ccc(C(N)=O)cc4)cc23)cc1OC. The number of amides is 1. The Morgan fingerprint density at radius 2 is 1.86 bits per heavy atom. The molecule has 9 heteroatoms. The summed E-state index contributed by atoms with van der Waals surface area (Å²) in [6, 6.07) is 16.1. The summed E-state index contributed by atoms with van der Waals surface area (Å²) in [6.45, 7) is 1.88. The zero-order valence-electron chi connectivity index (χ0n) is 20.6. The van der Waals surface area contributed by atoms with Crippen molar-refractivity contribution in [2.24, 2.45) is 5.73 Å². The molecule has 2 heterocycles. The number of hydrogen-bond donors (Lipinski definition) is 4. The first kappa shape index (κ1) is 25.4. The molecule has 0 saturated carbocycles. The summed E-state index contributed by atoms with van der Waals surface area (Å²) in [4.78, 5) is 18.9. The molecule has 0 aliphatic heterocycles. The summed E-state index contributed by atoms with van der Waals surface area (Å²) < 4.78 is 10.6. The van der Waals surface area contributed by atoms with Gasteiger partial charge in [0.15, 0.2) is 11.5 Å². The second kappa shape index (κ2) is 11.0. The summed E-state index contributed by atoms with van der Waals surface area (Å²) in [5, 5.41) is 24.4. The van der Waals surface area contributed by atoms with Crippen LogP contribution < -0.4 is 20.5 Å². The van der Waals surface area contributed by atoms with Gasteiger partial charge in [-0.3, -0.25) is 10.1 Å². The van der Waals surface area contributed by atoms with Crippen LogP contribution in [0.3, 0.4) is 0 Å². The zero-order chi connectivity index (χ0) is 26.5. The molecule has 0 radical (unpaired) electrons. The van der Waals surface area contributed by atoms with Crippen LogP contribution in [0, 0.1) is 11.3 Å². The molecule has 37 heavy (non-hydrogen) atoms. The normalized spacial score (nSPS) is 13.1. The summed E-state index contributed by atoms with van der Waals surface area (Å²) in [5.41, 5.74) is 9.79. The van der Waals surface area contributed by atoms with Crippen LogP contribution in [0.2, 0.25) is 0 Å². The minimum absolute atomic E-state index is 0.143. The van der Waals surface area contributed by atoms with Gasteiger partial charge < -0.3 is 25.3 Å². The molecule has 4 rings (SSSR count). The average molecular weight is 498 g/mol. The lowest BCUT2D eigenvalue weighted by Gasteiger charge is -2.20. The maximum absolute atomic E-state index is 11.4.